The number of rotatable bonds is 8. The van der Waals surface area contributed by atoms with Crippen LogP contribution in [0.3, 0.4) is 0 Å². The second kappa shape index (κ2) is 10.2. The van der Waals surface area contributed by atoms with Gasteiger partial charge in [-0.2, -0.15) is 0 Å². The van der Waals surface area contributed by atoms with Crippen molar-refractivity contribution in [2.45, 2.75) is 65.5 Å². The molecule has 0 atom stereocenters. The molecule has 2 aromatic rings. The zero-order valence-electron chi connectivity index (χ0n) is 17.4. The fourth-order valence-electron chi connectivity index (χ4n) is 3.81. The molecule has 29 heavy (non-hydrogen) atoms. The molecule has 1 aromatic carbocycles. The molecule has 6 heteroatoms. The molecule has 1 aromatic heterocycles. The number of hydrogen-bond donors (Lipinski definition) is 1. The van der Waals surface area contributed by atoms with Crippen LogP contribution in [0.2, 0.25) is 0 Å². The fraction of sp³-hybridized carbons (Fsp3) is 0.522. The van der Waals surface area contributed by atoms with Crippen LogP contribution in [0, 0.1) is 12.8 Å². The lowest BCUT2D eigenvalue weighted by Crippen LogP contribution is -2.37. The number of benzene rings is 1. The molecule has 156 valence electrons. The zero-order chi connectivity index (χ0) is 20.6. The van der Waals surface area contributed by atoms with Gasteiger partial charge in [0.05, 0.1) is 6.54 Å². The predicted octanol–water partition coefficient (Wildman–Crippen LogP) is 4.23. The van der Waals surface area contributed by atoms with Gasteiger partial charge in [0.25, 0.3) is 5.91 Å². The van der Waals surface area contributed by atoms with E-state index in [4.69, 9.17) is 4.52 Å². The van der Waals surface area contributed by atoms with Gasteiger partial charge in [0.2, 0.25) is 5.91 Å². The van der Waals surface area contributed by atoms with Crippen molar-refractivity contribution in [3.8, 4) is 0 Å². The molecular formula is C23H31N3O3. The summed E-state index contributed by atoms with van der Waals surface area (Å²) in [6.07, 6.45) is 6.31. The summed E-state index contributed by atoms with van der Waals surface area (Å²) in [5.74, 6) is 0.591. The van der Waals surface area contributed by atoms with Crippen molar-refractivity contribution in [1.82, 2.24) is 15.4 Å². The summed E-state index contributed by atoms with van der Waals surface area (Å²) < 4.78 is 5.36. The minimum absolute atomic E-state index is 0.121. The van der Waals surface area contributed by atoms with Crippen LogP contribution >= 0.6 is 0 Å². The van der Waals surface area contributed by atoms with Crippen molar-refractivity contribution in [3.05, 3.63) is 52.9 Å². The maximum atomic E-state index is 12.9. The van der Waals surface area contributed by atoms with E-state index in [9.17, 15) is 9.59 Å². The Bertz CT molecular complexity index is 807. The van der Waals surface area contributed by atoms with Gasteiger partial charge in [-0.25, -0.2) is 0 Å². The molecule has 1 N–H and O–H groups in total. The molecule has 3 rings (SSSR count). The van der Waals surface area contributed by atoms with E-state index in [-0.39, 0.29) is 23.4 Å². The Kier molecular flexibility index (Phi) is 7.44. The highest BCUT2D eigenvalue weighted by molar-refractivity contribution is 5.92. The van der Waals surface area contributed by atoms with Crippen molar-refractivity contribution < 1.29 is 14.1 Å². The average Bonchev–Trinajstić information content (AvgIpc) is 3.21. The largest absolute Gasteiger partial charge is 0.359 e. The SMILES string of the molecule is CCCN(Cc1cc(C(=O)NCc2ccc(C)cc2)no1)C(=O)C1CCCCC1. The lowest BCUT2D eigenvalue weighted by atomic mass is 9.88. The normalized spacial score (nSPS) is 14.6. The second-order valence-electron chi connectivity index (χ2n) is 7.94. The molecule has 1 saturated carbocycles. The van der Waals surface area contributed by atoms with Crippen molar-refractivity contribution in [2.24, 2.45) is 5.92 Å². The van der Waals surface area contributed by atoms with Crippen LogP contribution in [0.4, 0.5) is 0 Å². The first-order chi connectivity index (χ1) is 14.1. The third kappa shape index (κ3) is 5.92. The first-order valence-corrected chi connectivity index (χ1v) is 10.6. The lowest BCUT2D eigenvalue weighted by Gasteiger charge is -2.28. The van der Waals surface area contributed by atoms with Crippen molar-refractivity contribution in [1.29, 1.82) is 0 Å². The van der Waals surface area contributed by atoms with E-state index in [1.807, 2.05) is 36.1 Å². The van der Waals surface area contributed by atoms with Gasteiger partial charge in [-0.05, 0) is 31.7 Å². The van der Waals surface area contributed by atoms with Gasteiger partial charge >= 0.3 is 0 Å². The van der Waals surface area contributed by atoms with E-state index >= 15 is 0 Å². The number of nitrogens with zero attached hydrogens (tertiary/aromatic N) is 2. The Hall–Kier alpha value is -2.63. The number of hydrogen-bond acceptors (Lipinski definition) is 4. The molecular weight excluding hydrogens is 366 g/mol. The standard InChI is InChI=1S/C23H31N3O3/c1-3-13-26(23(28)19-7-5-4-6-8-19)16-20-14-21(25-29-20)22(27)24-15-18-11-9-17(2)10-12-18/h9-12,14,19H,3-8,13,15-16H2,1-2H3,(H,24,27). The average molecular weight is 398 g/mol. The monoisotopic (exact) mass is 397 g/mol. The number of nitrogens with one attached hydrogen (secondary N) is 1. The van der Waals surface area contributed by atoms with Crippen LogP contribution in [0.15, 0.2) is 34.9 Å². The van der Waals surface area contributed by atoms with Gasteiger partial charge in [0.15, 0.2) is 11.5 Å². The summed E-state index contributed by atoms with van der Waals surface area (Å²) in [5, 5.41) is 6.76. The Morgan fingerprint density at radius 3 is 2.59 bits per heavy atom. The van der Waals surface area contributed by atoms with Gasteiger partial charge in [0.1, 0.15) is 0 Å². The molecule has 1 aliphatic carbocycles. The van der Waals surface area contributed by atoms with Gasteiger partial charge < -0.3 is 14.7 Å². The van der Waals surface area contributed by atoms with Crippen molar-refractivity contribution in [2.75, 3.05) is 6.54 Å². The van der Waals surface area contributed by atoms with E-state index in [1.165, 1.54) is 12.0 Å². The summed E-state index contributed by atoms with van der Waals surface area (Å²) in [6.45, 7) is 5.57. The Labute approximate surface area is 172 Å². The van der Waals surface area contributed by atoms with Crippen molar-refractivity contribution in [3.63, 3.8) is 0 Å². The molecule has 1 heterocycles. The second-order valence-corrected chi connectivity index (χ2v) is 7.94. The number of aryl methyl sites for hydroxylation is 1. The van der Waals surface area contributed by atoms with Crippen molar-refractivity contribution >= 4 is 11.8 Å². The van der Waals surface area contributed by atoms with Gasteiger partial charge in [-0.1, -0.05) is 61.2 Å². The van der Waals surface area contributed by atoms with E-state index < -0.39 is 0 Å². The number of amides is 2. The first-order valence-electron chi connectivity index (χ1n) is 10.6. The maximum absolute atomic E-state index is 12.9. The topological polar surface area (TPSA) is 75.4 Å². The first kappa shape index (κ1) is 21.1. The minimum atomic E-state index is -0.277. The van der Waals surface area contributed by atoms with Crippen LogP contribution in [0.1, 0.15) is 72.8 Å². The zero-order valence-corrected chi connectivity index (χ0v) is 17.4. The van der Waals surface area contributed by atoms with Crippen LogP contribution in [0.5, 0.6) is 0 Å². The predicted molar refractivity (Wildman–Crippen MR) is 111 cm³/mol. The molecule has 0 saturated heterocycles. The summed E-state index contributed by atoms with van der Waals surface area (Å²) in [7, 11) is 0. The minimum Gasteiger partial charge on any atom is -0.359 e. The number of aromatic nitrogens is 1. The van der Waals surface area contributed by atoms with Crippen LogP contribution < -0.4 is 5.32 Å². The van der Waals surface area contributed by atoms with Crippen LogP contribution in [0.25, 0.3) is 0 Å². The highest BCUT2D eigenvalue weighted by Gasteiger charge is 2.26. The Morgan fingerprint density at radius 2 is 1.90 bits per heavy atom. The fourth-order valence-corrected chi connectivity index (χ4v) is 3.81. The molecule has 0 spiro atoms. The smallest absolute Gasteiger partial charge is 0.273 e. The molecule has 2 amide bonds. The summed E-state index contributed by atoms with van der Waals surface area (Å²) >= 11 is 0. The summed E-state index contributed by atoms with van der Waals surface area (Å²) in [6, 6.07) is 9.65. The van der Waals surface area contributed by atoms with E-state index in [1.54, 1.807) is 6.07 Å². The summed E-state index contributed by atoms with van der Waals surface area (Å²) in [5.41, 5.74) is 2.45. The molecule has 6 nitrogen and oxygen atoms in total. The Morgan fingerprint density at radius 1 is 1.17 bits per heavy atom. The molecule has 0 radical (unpaired) electrons. The number of carbonyl (C=O) groups excluding carboxylic acids is 2. The third-order valence-electron chi connectivity index (χ3n) is 5.47. The summed E-state index contributed by atoms with van der Waals surface area (Å²) in [4.78, 5) is 27.1. The quantitative estimate of drug-likeness (QED) is 0.723. The third-order valence-corrected chi connectivity index (χ3v) is 5.47. The van der Waals surface area contributed by atoms with Gasteiger partial charge in [-0.3, -0.25) is 9.59 Å². The van der Waals surface area contributed by atoms with Gasteiger partial charge in [-0.15, -0.1) is 0 Å². The molecule has 0 aliphatic heterocycles. The highest BCUT2D eigenvalue weighted by atomic mass is 16.5. The highest BCUT2D eigenvalue weighted by Crippen LogP contribution is 2.26. The molecule has 0 bridgehead atoms. The molecule has 0 unspecified atom stereocenters. The lowest BCUT2D eigenvalue weighted by molar-refractivity contribution is -0.137. The molecule has 1 aliphatic rings. The van der Waals surface area contributed by atoms with E-state index in [0.717, 1.165) is 37.7 Å². The number of carbonyl (C=O) groups is 2. The van der Waals surface area contributed by atoms with Crippen LogP contribution in [-0.2, 0) is 17.9 Å². The van der Waals surface area contributed by atoms with Crippen LogP contribution in [-0.4, -0.2) is 28.4 Å². The van der Waals surface area contributed by atoms with E-state index in [2.05, 4.69) is 17.4 Å². The molecule has 1 fully saturated rings. The Balaban J connectivity index is 1.57. The maximum Gasteiger partial charge on any atom is 0.273 e. The van der Waals surface area contributed by atoms with Gasteiger partial charge in [0, 0.05) is 25.1 Å². The van der Waals surface area contributed by atoms with E-state index in [0.29, 0.717) is 25.4 Å².